The van der Waals surface area contributed by atoms with Crippen molar-refractivity contribution in [3.63, 3.8) is 0 Å². The normalized spacial score (nSPS) is 15.6. The van der Waals surface area contributed by atoms with Gasteiger partial charge in [0.25, 0.3) is 5.91 Å². The second-order valence-electron chi connectivity index (χ2n) is 6.79. The van der Waals surface area contributed by atoms with Crippen LogP contribution in [0.15, 0.2) is 16.8 Å². The zero-order valence-electron chi connectivity index (χ0n) is 15.8. The van der Waals surface area contributed by atoms with Gasteiger partial charge in [-0.15, -0.1) is 11.3 Å². The first-order chi connectivity index (χ1) is 13.4. The quantitative estimate of drug-likeness (QED) is 0.714. The molecule has 2 aromatic heterocycles. The number of hydrogen-bond donors (Lipinski definition) is 2. The minimum atomic E-state index is -1.09. The van der Waals surface area contributed by atoms with Crippen LogP contribution in [0.5, 0.6) is 0 Å². The monoisotopic (exact) mass is 421 g/mol. The second kappa shape index (κ2) is 9.29. The molecule has 1 unspecified atom stereocenters. The molecule has 0 spiro atoms. The van der Waals surface area contributed by atoms with Crippen molar-refractivity contribution < 1.29 is 19.1 Å². The first-order valence-electron chi connectivity index (χ1n) is 9.26. The van der Waals surface area contributed by atoms with Crippen LogP contribution in [0.4, 0.5) is 4.79 Å². The van der Waals surface area contributed by atoms with Gasteiger partial charge in [0.15, 0.2) is 6.10 Å². The van der Waals surface area contributed by atoms with Crippen molar-refractivity contribution in [3.8, 4) is 10.6 Å². The van der Waals surface area contributed by atoms with Gasteiger partial charge >= 0.3 is 12.0 Å². The van der Waals surface area contributed by atoms with Crippen LogP contribution in [0.2, 0.25) is 0 Å². The smallest absolute Gasteiger partial charge is 0.351 e. The molecule has 9 heteroatoms. The molecular weight excluding hydrogens is 398 g/mol. The van der Waals surface area contributed by atoms with Crippen LogP contribution in [0.25, 0.3) is 10.6 Å². The highest BCUT2D eigenvalue weighted by molar-refractivity contribution is 7.17. The third-order valence-corrected chi connectivity index (χ3v) is 6.45. The van der Waals surface area contributed by atoms with E-state index >= 15 is 0 Å². The number of ether oxygens (including phenoxy) is 1. The van der Waals surface area contributed by atoms with Gasteiger partial charge in [0.1, 0.15) is 9.88 Å². The Morgan fingerprint density at radius 2 is 2.00 bits per heavy atom. The summed E-state index contributed by atoms with van der Waals surface area (Å²) in [4.78, 5) is 41.3. The van der Waals surface area contributed by atoms with Gasteiger partial charge in [-0.1, -0.05) is 19.3 Å². The van der Waals surface area contributed by atoms with Crippen molar-refractivity contribution in [3.05, 3.63) is 27.4 Å². The van der Waals surface area contributed by atoms with E-state index in [9.17, 15) is 14.4 Å². The molecule has 1 aliphatic rings. The SMILES string of the molecule is Cc1nc(-c2ccsc2)sc1C(=O)OC(C)C(=O)NC(=O)NC1CCCCC1. The molecule has 7 nitrogen and oxygen atoms in total. The van der Waals surface area contributed by atoms with Crippen LogP contribution in [0.1, 0.15) is 54.4 Å². The third-order valence-electron chi connectivity index (χ3n) is 4.58. The average Bonchev–Trinajstić information content (AvgIpc) is 3.31. The minimum absolute atomic E-state index is 0.0924. The highest BCUT2D eigenvalue weighted by Crippen LogP contribution is 2.30. The summed E-state index contributed by atoms with van der Waals surface area (Å²) < 4.78 is 5.24. The molecule has 150 valence electrons. The Hall–Kier alpha value is -2.26. The summed E-state index contributed by atoms with van der Waals surface area (Å²) in [5.41, 5.74) is 1.50. The number of carbonyl (C=O) groups is 3. The molecule has 1 saturated carbocycles. The summed E-state index contributed by atoms with van der Waals surface area (Å²) in [6.45, 7) is 3.17. The molecule has 2 aromatic rings. The molecule has 3 amide bonds. The lowest BCUT2D eigenvalue weighted by Crippen LogP contribution is -2.48. The second-order valence-corrected chi connectivity index (χ2v) is 8.57. The number of amides is 3. The van der Waals surface area contributed by atoms with Crippen molar-refractivity contribution in [1.29, 1.82) is 0 Å². The number of thiazole rings is 1. The fourth-order valence-corrected chi connectivity index (χ4v) is 4.71. The third kappa shape index (κ3) is 5.17. The van der Waals surface area contributed by atoms with Crippen LogP contribution in [-0.2, 0) is 9.53 Å². The van der Waals surface area contributed by atoms with Crippen molar-refractivity contribution in [2.24, 2.45) is 0 Å². The summed E-state index contributed by atoms with van der Waals surface area (Å²) in [5.74, 6) is -1.27. The Morgan fingerprint density at radius 1 is 1.25 bits per heavy atom. The number of urea groups is 1. The molecule has 3 rings (SSSR count). The van der Waals surface area contributed by atoms with E-state index in [1.165, 1.54) is 24.7 Å². The van der Waals surface area contributed by atoms with Gasteiger partial charge in [-0.05, 0) is 38.1 Å². The fourth-order valence-electron chi connectivity index (χ4n) is 3.04. The summed E-state index contributed by atoms with van der Waals surface area (Å²) >= 11 is 2.78. The van der Waals surface area contributed by atoms with E-state index < -0.39 is 24.0 Å². The van der Waals surface area contributed by atoms with Crippen molar-refractivity contribution in [1.82, 2.24) is 15.6 Å². The van der Waals surface area contributed by atoms with Gasteiger partial charge in [-0.3, -0.25) is 10.1 Å². The molecule has 0 aliphatic heterocycles. The molecule has 28 heavy (non-hydrogen) atoms. The predicted molar refractivity (Wildman–Crippen MR) is 109 cm³/mol. The summed E-state index contributed by atoms with van der Waals surface area (Å²) in [5, 5.41) is 9.67. The molecule has 2 N–H and O–H groups in total. The Kier molecular flexibility index (Phi) is 6.79. The first kappa shape index (κ1) is 20.5. The molecule has 0 bridgehead atoms. The Morgan fingerprint density at radius 3 is 2.68 bits per heavy atom. The summed E-state index contributed by atoms with van der Waals surface area (Å²) in [7, 11) is 0. The van der Waals surface area contributed by atoms with Gasteiger partial charge in [0.05, 0.1) is 5.69 Å². The van der Waals surface area contributed by atoms with Gasteiger partial charge < -0.3 is 10.1 Å². The van der Waals surface area contributed by atoms with Crippen molar-refractivity contribution in [2.75, 3.05) is 0 Å². The summed E-state index contributed by atoms with van der Waals surface area (Å²) in [6.07, 6.45) is 4.09. The lowest BCUT2D eigenvalue weighted by atomic mass is 9.96. The maximum Gasteiger partial charge on any atom is 0.351 e. The Balaban J connectivity index is 1.53. The first-order valence-corrected chi connectivity index (χ1v) is 11.0. The molecule has 1 aliphatic carbocycles. The number of hydrogen-bond acceptors (Lipinski definition) is 7. The number of thiophene rings is 1. The van der Waals surface area contributed by atoms with Crippen LogP contribution in [-0.4, -0.2) is 35.0 Å². The zero-order chi connectivity index (χ0) is 20.1. The number of aromatic nitrogens is 1. The lowest BCUT2D eigenvalue weighted by Gasteiger charge is -2.23. The van der Waals surface area contributed by atoms with Crippen molar-refractivity contribution >= 4 is 40.6 Å². The summed E-state index contributed by atoms with van der Waals surface area (Å²) in [6, 6.07) is 1.47. The largest absolute Gasteiger partial charge is 0.448 e. The van der Waals surface area contributed by atoms with E-state index in [4.69, 9.17) is 4.74 Å². The lowest BCUT2D eigenvalue weighted by molar-refractivity contribution is -0.127. The van der Waals surface area contributed by atoms with E-state index in [0.717, 1.165) is 36.3 Å². The topological polar surface area (TPSA) is 97.4 Å². The van der Waals surface area contributed by atoms with Crippen molar-refractivity contribution in [2.45, 2.75) is 58.1 Å². The van der Waals surface area contributed by atoms with Crippen LogP contribution >= 0.6 is 22.7 Å². The fraction of sp³-hybridized carbons (Fsp3) is 0.474. The van der Waals surface area contributed by atoms with Gasteiger partial charge in [-0.2, -0.15) is 11.3 Å². The molecule has 2 heterocycles. The molecule has 0 saturated heterocycles. The van der Waals surface area contributed by atoms with Crippen LogP contribution < -0.4 is 10.6 Å². The Bertz CT molecular complexity index is 841. The number of esters is 1. The average molecular weight is 422 g/mol. The molecule has 1 atom stereocenters. The van der Waals surface area contributed by atoms with E-state index in [0.29, 0.717) is 10.6 Å². The van der Waals surface area contributed by atoms with E-state index in [1.54, 1.807) is 18.3 Å². The van der Waals surface area contributed by atoms with Crippen LogP contribution in [0.3, 0.4) is 0 Å². The number of aryl methyl sites for hydroxylation is 1. The predicted octanol–water partition coefficient (Wildman–Crippen LogP) is 3.88. The number of nitrogens with one attached hydrogen (secondary N) is 2. The van der Waals surface area contributed by atoms with E-state index in [2.05, 4.69) is 15.6 Å². The maximum absolute atomic E-state index is 12.4. The van der Waals surface area contributed by atoms with E-state index in [-0.39, 0.29) is 6.04 Å². The van der Waals surface area contributed by atoms with Gasteiger partial charge in [0.2, 0.25) is 0 Å². The zero-order valence-corrected chi connectivity index (χ0v) is 17.5. The minimum Gasteiger partial charge on any atom is -0.448 e. The van der Waals surface area contributed by atoms with E-state index in [1.807, 2.05) is 16.8 Å². The standard InChI is InChI=1S/C19H23N3O4S2/c1-11-15(28-17(20-11)13-8-9-27-10-13)18(24)26-12(2)16(23)22-19(25)21-14-6-4-3-5-7-14/h8-10,12,14H,3-7H2,1-2H3,(H2,21,22,23,25). The van der Waals surface area contributed by atoms with Crippen LogP contribution in [0, 0.1) is 6.92 Å². The molecule has 0 aromatic carbocycles. The van der Waals surface area contributed by atoms with Gasteiger partial charge in [0, 0.05) is 17.0 Å². The highest BCUT2D eigenvalue weighted by atomic mass is 32.1. The van der Waals surface area contributed by atoms with Gasteiger partial charge in [-0.25, -0.2) is 14.6 Å². The number of carbonyl (C=O) groups excluding carboxylic acids is 3. The molecule has 0 radical (unpaired) electrons. The highest BCUT2D eigenvalue weighted by Gasteiger charge is 2.25. The molecular formula is C19H23N3O4S2. The number of rotatable bonds is 5. The molecule has 1 fully saturated rings. The number of nitrogens with zero attached hydrogens (tertiary/aromatic N) is 1. The number of imide groups is 1. The Labute approximate surface area is 171 Å². The maximum atomic E-state index is 12.4.